The van der Waals surface area contributed by atoms with Crippen LogP contribution in [0.5, 0.6) is 0 Å². The van der Waals surface area contributed by atoms with Crippen molar-refractivity contribution in [2.24, 2.45) is 23.5 Å². The van der Waals surface area contributed by atoms with Gasteiger partial charge >= 0.3 is 0 Å². The van der Waals surface area contributed by atoms with E-state index in [1.165, 1.54) is 6.42 Å². The van der Waals surface area contributed by atoms with Crippen LogP contribution in [0.2, 0.25) is 0 Å². The van der Waals surface area contributed by atoms with Gasteiger partial charge in [-0.1, -0.05) is 6.07 Å². The highest BCUT2D eigenvalue weighted by atomic mass is 35.5. The molecule has 0 radical (unpaired) electrons. The summed E-state index contributed by atoms with van der Waals surface area (Å²) < 4.78 is 5.67. The van der Waals surface area contributed by atoms with Gasteiger partial charge in [0.15, 0.2) is 0 Å². The van der Waals surface area contributed by atoms with Crippen LogP contribution in [0.3, 0.4) is 0 Å². The molecule has 1 heterocycles. The molecule has 2 aliphatic carbocycles. The van der Waals surface area contributed by atoms with Crippen molar-refractivity contribution in [3.8, 4) is 11.5 Å². The molecule has 25 heavy (non-hydrogen) atoms. The van der Waals surface area contributed by atoms with Gasteiger partial charge in [0.05, 0.1) is 11.6 Å². The maximum absolute atomic E-state index is 12.7. The second-order valence-corrected chi connectivity index (χ2v) is 7.17. The molecule has 2 fully saturated rings. The molecule has 5 nitrogen and oxygen atoms in total. The molecule has 2 saturated carbocycles. The fraction of sp³-hybridized carbons (Fsp3) is 0.474. The second-order valence-electron chi connectivity index (χ2n) is 7.17. The molecule has 2 aromatic rings. The number of halogens is 1. The number of rotatable bonds is 3. The van der Waals surface area contributed by atoms with Crippen molar-refractivity contribution in [3.05, 3.63) is 35.7 Å². The molecule has 0 spiro atoms. The summed E-state index contributed by atoms with van der Waals surface area (Å²) in [6.45, 7) is 3.82. The zero-order valence-corrected chi connectivity index (χ0v) is 15.3. The van der Waals surface area contributed by atoms with E-state index in [1.807, 2.05) is 38.1 Å². The number of amides is 1. The predicted molar refractivity (Wildman–Crippen MR) is 99.6 cm³/mol. The summed E-state index contributed by atoms with van der Waals surface area (Å²) in [4.78, 5) is 17.1. The van der Waals surface area contributed by atoms with Gasteiger partial charge in [0.1, 0.15) is 5.76 Å². The van der Waals surface area contributed by atoms with Crippen molar-refractivity contribution in [2.45, 2.75) is 39.2 Å². The zero-order valence-electron chi connectivity index (χ0n) is 14.5. The van der Waals surface area contributed by atoms with Crippen molar-refractivity contribution in [3.63, 3.8) is 0 Å². The largest absolute Gasteiger partial charge is 0.441 e. The van der Waals surface area contributed by atoms with E-state index in [-0.39, 0.29) is 30.3 Å². The van der Waals surface area contributed by atoms with Crippen LogP contribution in [0.25, 0.3) is 11.5 Å². The summed E-state index contributed by atoms with van der Waals surface area (Å²) in [5.41, 5.74) is 8.78. The SMILES string of the molecule is Cc1nc(-c2cccc(NC(=O)C3C4CCC(C4)C3N)c2)oc1C.Cl. The number of hydrogen-bond donors (Lipinski definition) is 2. The number of benzene rings is 1. The minimum absolute atomic E-state index is 0. The van der Waals surface area contributed by atoms with Crippen LogP contribution in [-0.2, 0) is 4.79 Å². The summed E-state index contributed by atoms with van der Waals surface area (Å²) in [7, 11) is 0. The average Bonchev–Trinajstić information content (AvgIpc) is 3.23. The fourth-order valence-electron chi connectivity index (χ4n) is 4.28. The van der Waals surface area contributed by atoms with E-state index in [0.717, 1.165) is 35.5 Å². The lowest BCUT2D eigenvalue weighted by molar-refractivity contribution is -0.121. The number of hydrogen-bond acceptors (Lipinski definition) is 4. The Hall–Kier alpha value is -1.85. The number of aryl methyl sites for hydroxylation is 2. The lowest BCUT2D eigenvalue weighted by atomic mass is 9.84. The first-order valence-corrected chi connectivity index (χ1v) is 8.64. The summed E-state index contributed by atoms with van der Waals surface area (Å²) in [6.07, 6.45) is 3.41. The number of fused-ring (bicyclic) bond motifs is 2. The Bertz CT molecular complexity index is 767. The lowest BCUT2D eigenvalue weighted by Crippen LogP contribution is -2.42. The third kappa shape index (κ3) is 3.18. The highest BCUT2D eigenvalue weighted by molar-refractivity contribution is 5.94. The molecule has 2 aliphatic rings. The van der Waals surface area contributed by atoms with Crippen LogP contribution in [0.15, 0.2) is 28.7 Å². The highest BCUT2D eigenvalue weighted by Crippen LogP contribution is 2.47. The van der Waals surface area contributed by atoms with Gasteiger partial charge in [-0.25, -0.2) is 4.98 Å². The van der Waals surface area contributed by atoms with E-state index >= 15 is 0 Å². The molecule has 4 atom stereocenters. The van der Waals surface area contributed by atoms with Gasteiger partial charge in [-0.15, -0.1) is 12.4 Å². The first-order valence-electron chi connectivity index (χ1n) is 8.64. The highest BCUT2D eigenvalue weighted by Gasteiger charge is 2.49. The number of nitrogens with one attached hydrogen (secondary N) is 1. The Morgan fingerprint density at radius 3 is 2.68 bits per heavy atom. The van der Waals surface area contributed by atoms with Gasteiger partial charge in [0, 0.05) is 17.3 Å². The number of anilines is 1. The summed E-state index contributed by atoms with van der Waals surface area (Å²) in [5, 5.41) is 3.04. The Labute approximate surface area is 153 Å². The van der Waals surface area contributed by atoms with Crippen molar-refractivity contribution < 1.29 is 9.21 Å². The zero-order chi connectivity index (χ0) is 16.8. The van der Waals surface area contributed by atoms with Crippen molar-refractivity contribution in [2.75, 3.05) is 5.32 Å². The third-order valence-corrected chi connectivity index (χ3v) is 5.69. The monoisotopic (exact) mass is 361 g/mol. The molecule has 1 aromatic heterocycles. The van der Waals surface area contributed by atoms with Crippen LogP contribution in [0.1, 0.15) is 30.7 Å². The van der Waals surface area contributed by atoms with E-state index in [4.69, 9.17) is 10.2 Å². The van der Waals surface area contributed by atoms with Crippen LogP contribution in [0.4, 0.5) is 5.69 Å². The van der Waals surface area contributed by atoms with Gasteiger partial charge in [0.25, 0.3) is 0 Å². The molecule has 3 N–H and O–H groups in total. The molecule has 6 heteroatoms. The molecule has 2 bridgehead atoms. The molecule has 4 rings (SSSR count). The smallest absolute Gasteiger partial charge is 0.229 e. The first-order chi connectivity index (χ1) is 11.5. The fourth-order valence-corrected chi connectivity index (χ4v) is 4.28. The molecular weight excluding hydrogens is 338 g/mol. The normalized spacial score (nSPS) is 27.2. The quantitative estimate of drug-likeness (QED) is 0.873. The number of carbonyl (C=O) groups is 1. The van der Waals surface area contributed by atoms with Gasteiger partial charge in [0.2, 0.25) is 11.8 Å². The van der Waals surface area contributed by atoms with Crippen LogP contribution in [0, 0.1) is 31.6 Å². The second kappa shape index (κ2) is 6.81. The van der Waals surface area contributed by atoms with Crippen molar-refractivity contribution >= 4 is 24.0 Å². The lowest BCUT2D eigenvalue weighted by Gasteiger charge is -2.27. The Kier molecular flexibility index (Phi) is 4.89. The predicted octanol–water partition coefficient (Wildman–Crippen LogP) is 3.69. The number of aromatic nitrogens is 1. The topological polar surface area (TPSA) is 81.2 Å². The first kappa shape index (κ1) is 18.0. The van der Waals surface area contributed by atoms with E-state index in [0.29, 0.717) is 17.7 Å². The molecule has 1 aromatic carbocycles. The third-order valence-electron chi connectivity index (χ3n) is 5.69. The molecule has 0 aliphatic heterocycles. The number of oxazole rings is 1. The maximum atomic E-state index is 12.7. The molecule has 1 amide bonds. The minimum atomic E-state index is -0.0568. The van der Waals surface area contributed by atoms with Crippen LogP contribution in [-0.4, -0.2) is 16.9 Å². The number of nitrogens with two attached hydrogens (primary N) is 1. The van der Waals surface area contributed by atoms with Crippen molar-refractivity contribution in [1.29, 1.82) is 0 Å². The summed E-state index contributed by atoms with van der Waals surface area (Å²) in [5.74, 6) is 2.36. The van der Waals surface area contributed by atoms with Gasteiger partial charge in [-0.2, -0.15) is 0 Å². The molecule has 4 unspecified atom stereocenters. The molecule has 0 saturated heterocycles. The van der Waals surface area contributed by atoms with Crippen molar-refractivity contribution in [1.82, 2.24) is 4.98 Å². The van der Waals surface area contributed by atoms with E-state index < -0.39 is 0 Å². The molecular formula is C19H24ClN3O2. The van der Waals surface area contributed by atoms with E-state index in [1.54, 1.807) is 0 Å². The van der Waals surface area contributed by atoms with Crippen LogP contribution >= 0.6 is 12.4 Å². The Morgan fingerprint density at radius 1 is 1.28 bits per heavy atom. The van der Waals surface area contributed by atoms with Gasteiger partial charge in [-0.05, 0) is 63.1 Å². The number of carbonyl (C=O) groups excluding carboxylic acids is 1. The Morgan fingerprint density at radius 2 is 2.04 bits per heavy atom. The van der Waals surface area contributed by atoms with E-state index in [2.05, 4.69) is 10.3 Å². The van der Waals surface area contributed by atoms with Gasteiger partial charge in [-0.3, -0.25) is 4.79 Å². The maximum Gasteiger partial charge on any atom is 0.229 e. The molecule has 134 valence electrons. The summed E-state index contributed by atoms with van der Waals surface area (Å²) in [6, 6.07) is 7.64. The van der Waals surface area contributed by atoms with E-state index in [9.17, 15) is 4.79 Å². The minimum Gasteiger partial charge on any atom is -0.441 e. The number of nitrogens with zero attached hydrogens (tertiary/aromatic N) is 1. The Balaban J connectivity index is 0.00000182. The standard InChI is InChI=1S/C19H23N3O2.ClH/c1-10-11(2)24-19(21-10)14-4-3-5-15(9-14)22-18(23)16-12-6-7-13(8-12)17(16)20;/h3-5,9,12-13,16-17H,6-8,20H2,1-2H3,(H,22,23);1H. The average molecular weight is 362 g/mol. The van der Waals surface area contributed by atoms with Crippen LogP contribution < -0.4 is 11.1 Å². The van der Waals surface area contributed by atoms with Gasteiger partial charge < -0.3 is 15.5 Å². The summed E-state index contributed by atoms with van der Waals surface area (Å²) >= 11 is 0.